The highest BCUT2D eigenvalue weighted by Gasteiger charge is 2.18. The Morgan fingerprint density at radius 2 is 1.83 bits per heavy atom. The number of rotatable bonds is 7. The number of nitrogens with zero attached hydrogens (tertiary/aromatic N) is 2. The minimum atomic E-state index is -0.208. The van der Waals surface area contributed by atoms with Crippen molar-refractivity contribution in [2.45, 2.75) is 27.3 Å². The predicted octanol–water partition coefficient (Wildman–Crippen LogP) is 4.75. The molecule has 2 amide bonds. The van der Waals surface area contributed by atoms with Crippen LogP contribution >= 0.6 is 11.3 Å². The number of benzene rings is 2. The Bertz CT molecular complexity index is 1040. The standard InChI is InChI=1S/C23H25N3O3S/c1-5-29-19-12-10-17(11-13-19)23-24-15(2)21(30-23)22(28)25-20-9-7-6-8-18(20)14-26(4)16(3)27/h6-13H,5,14H2,1-4H3,(H,25,28). The van der Waals surface area contributed by atoms with E-state index in [1.165, 1.54) is 18.3 Å². The molecule has 1 aromatic heterocycles. The molecule has 0 fully saturated rings. The molecule has 1 heterocycles. The third kappa shape index (κ3) is 5.04. The predicted molar refractivity (Wildman–Crippen MR) is 120 cm³/mol. The fraction of sp³-hybridized carbons (Fsp3) is 0.261. The molecule has 0 aliphatic rings. The molecule has 0 saturated heterocycles. The number of ether oxygens (including phenoxy) is 1. The van der Waals surface area contributed by atoms with Crippen LogP contribution in [0.15, 0.2) is 48.5 Å². The zero-order valence-electron chi connectivity index (χ0n) is 17.6. The zero-order valence-corrected chi connectivity index (χ0v) is 18.4. The van der Waals surface area contributed by atoms with Gasteiger partial charge in [-0.15, -0.1) is 11.3 Å². The third-order valence-corrected chi connectivity index (χ3v) is 5.83. The Balaban J connectivity index is 1.79. The molecule has 30 heavy (non-hydrogen) atoms. The largest absolute Gasteiger partial charge is 0.494 e. The van der Waals surface area contributed by atoms with Crippen LogP contribution in [0, 0.1) is 6.92 Å². The SMILES string of the molecule is CCOc1ccc(-c2nc(C)c(C(=O)Nc3ccccc3CN(C)C(C)=O)s2)cc1. The van der Waals surface area contributed by atoms with Crippen molar-refractivity contribution in [2.24, 2.45) is 0 Å². The van der Waals surface area contributed by atoms with E-state index in [2.05, 4.69) is 10.3 Å². The van der Waals surface area contributed by atoms with Crippen molar-refractivity contribution in [3.8, 4) is 16.3 Å². The van der Waals surface area contributed by atoms with Crippen LogP contribution in [0.1, 0.15) is 34.8 Å². The van der Waals surface area contributed by atoms with Crippen molar-refractivity contribution in [1.29, 1.82) is 0 Å². The molecule has 6 nitrogen and oxygen atoms in total. The summed E-state index contributed by atoms with van der Waals surface area (Å²) in [5.41, 5.74) is 3.18. The molecule has 0 aliphatic heterocycles. The van der Waals surface area contributed by atoms with Crippen LogP contribution in [0.5, 0.6) is 5.75 Å². The van der Waals surface area contributed by atoms with Gasteiger partial charge in [-0.1, -0.05) is 18.2 Å². The number of amides is 2. The van der Waals surface area contributed by atoms with Gasteiger partial charge < -0.3 is 15.0 Å². The fourth-order valence-electron chi connectivity index (χ4n) is 2.92. The third-order valence-electron chi connectivity index (χ3n) is 4.63. The van der Waals surface area contributed by atoms with E-state index in [1.807, 2.05) is 62.4 Å². The second-order valence-electron chi connectivity index (χ2n) is 6.88. The molecule has 3 aromatic rings. The van der Waals surface area contributed by atoms with Crippen LogP contribution in [-0.2, 0) is 11.3 Å². The highest BCUT2D eigenvalue weighted by molar-refractivity contribution is 7.17. The molecule has 7 heteroatoms. The van der Waals surface area contributed by atoms with E-state index in [-0.39, 0.29) is 11.8 Å². The number of anilines is 1. The Morgan fingerprint density at radius 1 is 1.13 bits per heavy atom. The summed E-state index contributed by atoms with van der Waals surface area (Å²) >= 11 is 1.36. The first-order valence-corrected chi connectivity index (χ1v) is 10.5. The molecule has 0 saturated carbocycles. The summed E-state index contributed by atoms with van der Waals surface area (Å²) in [6.07, 6.45) is 0. The topological polar surface area (TPSA) is 71.5 Å². The van der Waals surface area contributed by atoms with E-state index in [0.717, 1.165) is 21.9 Å². The number of carbonyl (C=O) groups is 2. The molecular weight excluding hydrogens is 398 g/mol. The number of thiazole rings is 1. The van der Waals surface area contributed by atoms with Gasteiger partial charge in [-0.25, -0.2) is 4.98 Å². The number of aryl methyl sites for hydroxylation is 1. The number of hydrogen-bond donors (Lipinski definition) is 1. The maximum Gasteiger partial charge on any atom is 0.267 e. The number of hydrogen-bond acceptors (Lipinski definition) is 5. The first-order chi connectivity index (χ1) is 14.4. The Morgan fingerprint density at radius 3 is 2.50 bits per heavy atom. The summed E-state index contributed by atoms with van der Waals surface area (Å²) < 4.78 is 5.48. The van der Waals surface area contributed by atoms with Gasteiger partial charge in [0.15, 0.2) is 0 Å². The van der Waals surface area contributed by atoms with Gasteiger partial charge in [0, 0.05) is 31.8 Å². The monoisotopic (exact) mass is 423 g/mol. The lowest BCUT2D eigenvalue weighted by Gasteiger charge is -2.17. The first kappa shape index (κ1) is 21.5. The molecular formula is C23H25N3O3S. The van der Waals surface area contributed by atoms with Gasteiger partial charge >= 0.3 is 0 Å². The molecule has 0 atom stereocenters. The second-order valence-corrected chi connectivity index (χ2v) is 7.88. The van der Waals surface area contributed by atoms with E-state index in [1.54, 1.807) is 11.9 Å². The van der Waals surface area contributed by atoms with Crippen LogP contribution in [0.25, 0.3) is 10.6 Å². The summed E-state index contributed by atoms with van der Waals surface area (Å²) in [7, 11) is 1.73. The van der Waals surface area contributed by atoms with Crippen LogP contribution < -0.4 is 10.1 Å². The van der Waals surface area contributed by atoms with Crippen LogP contribution in [-0.4, -0.2) is 35.4 Å². The van der Waals surface area contributed by atoms with Gasteiger partial charge in [0.05, 0.1) is 12.3 Å². The van der Waals surface area contributed by atoms with E-state index in [4.69, 9.17) is 4.74 Å². The number of nitrogens with one attached hydrogen (secondary N) is 1. The maximum atomic E-state index is 12.9. The van der Waals surface area contributed by atoms with Crippen LogP contribution in [0.4, 0.5) is 5.69 Å². The maximum absolute atomic E-state index is 12.9. The number of aromatic nitrogens is 1. The first-order valence-electron chi connectivity index (χ1n) is 9.70. The molecule has 1 N–H and O–H groups in total. The molecule has 2 aromatic carbocycles. The van der Waals surface area contributed by atoms with Crippen molar-refractivity contribution in [3.05, 3.63) is 64.7 Å². The highest BCUT2D eigenvalue weighted by Crippen LogP contribution is 2.30. The van der Waals surface area contributed by atoms with Crippen molar-refractivity contribution in [1.82, 2.24) is 9.88 Å². The molecule has 0 bridgehead atoms. The van der Waals surface area contributed by atoms with Crippen molar-refractivity contribution >= 4 is 28.8 Å². The van der Waals surface area contributed by atoms with Gasteiger partial charge in [0.25, 0.3) is 5.91 Å². The average molecular weight is 424 g/mol. The van der Waals surface area contributed by atoms with E-state index in [9.17, 15) is 9.59 Å². The Labute approximate surface area is 180 Å². The molecule has 0 radical (unpaired) electrons. The van der Waals surface area contributed by atoms with E-state index in [0.29, 0.717) is 29.4 Å². The summed E-state index contributed by atoms with van der Waals surface area (Å²) in [4.78, 5) is 31.3. The normalized spacial score (nSPS) is 10.5. The van der Waals surface area contributed by atoms with Gasteiger partial charge in [0.1, 0.15) is 15.6 Å². The fourth-order valence-corrected chi connectivity index (χ4v) is 3.88. The molecule has 0 aliphatic carbocycles. The lowest BCUT2D eigenvalue weighted by Crippen LogP contribution is -2.24. The molecule has 0 unspecified atom stereocenters. The summed E-state index contributed by atoms with van der Waals surface area (Å²) in [6.45, 7) is 6.33. The second kappa shape index (κ2) is 9.54. The average Bonchev–Trinajstić information content (AvgIpc) is 3.12. The Kier molecular flexibility index (Phi) is 6.84. The minimum Gasteiger partial charge on any atom is -0.494 e. The van der Waals surface area contributed by atoms with Crippen molar-refractivity contribution in [3.63, 3.8) is 0 Å². The quantitative estimate of drug-likeness (QED) is 0.595. The van der Waals surface area contributed by atoms with Crippen molar-refractivity contribution in [2.75, 3.05) is 19.0 Å². The smallest absolute Gasteiger partial charge is 0.267 e. The summed E-state index contributed by atoms with van der Waals surface area (Å²) in [6, 6.07) is 15.2. The van der Waals surface area contributed by atoms with Gasteiger partial charge in [0.2, 0.25) is 5.91 Å². The van der Waals surface area contributed by atoms with E-state index < -0.39 is 0 Å². The summed E-state index contributed by atoms with van der Waals surface area (Å²) in [5.74, 6) is 0.564. The Hall–Kier alpha value is -3.19. The minimum absolute atomic E-state index is 0.0329. The van der Waals surface area contributed by atoms with Crippen LogP contribution in [0.3, 0.4) is 0 Å². The van der Waals surface area contributed by atoms with Gasteiger partial charge in [-0.3, -0.25) is 9.59 Å². The zero-order chi connectivity index (χ0) is 21.7. The number of carbonyl (C=O) groups excluding carboxylic acids is 2. The lowest BCUT2D eigenvalue weighted by molar-refractivity contribution is -0.128. The van der Waals surface area contributed by atoms with Gasteiger partial charge in [-0.2, -0.15) is 0 Å². The van der Waals surface area contributed by atoms with E-state index >= 15 is 0 Å². The van der Waals surface area contributed by atoms with Gasteiger partial charge in [-0.05, 0) is 49.7 Å². The molecule has 3 rings (SSSR count). The highest BCUT2D eigenvalue weighted by atomic mass is 32.1. The lowest BCUT2D eigenvalue weighted by atomic mass is 10.1. The molecule has 156 valence electrons. The number of para-hydroxylation sites is 1. The van der Waals surface area contributed by atoms with Crippen molar-refractivity contribution < 1.29 is 14.3 Å². The van der Waals surface area contributed by atoms with Crippen LogP contribution in [0.2, 0.25) is 0 Å². The molecule has 0 spiro atoms. The summed E-state index contributed by atoms with van der Waals surface area (Å²) in [5, 5.41) is 3.76.